The second-order valence-electron chi connectivity index (χ2n) is 4.47. The molecule has 2 saturated carbocycles. The summed E-state index contributed by atoms with van der Waals surface area (Å²) in [6.45, 7) is 0. The highest BCUT2D eigenvalue weighted by atomic mass is 14.6. The van der Waals surface area contributed by atoms with Crippen LogP contribution in [-0.4, -0.2) is 6.04 Å². The lowest BCUT2D eigenvalue weighted by Crippen LogP contribution is -2.27. The topological polar surface area (TPSA) is 26.0 Å². The van der Waals surface area contributed by atoms with Gasteiger partial charge in [-0.05, 0) is 24.7 Å². The van der Waals surface area contributed by atoms with Gasteiger partial charge in [-0.15, -0.1) is 0 Å². The molecule has 2 fully saturated rings. The van der Waals surface area contributed by atoms with Crippen LogP contribution in [0, 0.1) is 11.8 Å². The van der Waals surface area contributed by atoms with Crippen LogP contribution in [0.15, 0.2) is 0 Å². The number of rotatable bonds is 4. The molecule has 0 saturated heterocycles. The molecular weight excluding hydrogens is 134 g/mol. The third-order valence-corrected chi connectivity index (χ3v) is 3.19. The van der Waals surface area contributed by atoms with Crippen molar-refractivity contribution >= 4 is 0 Å². The van der Waals surface area contributed by atoms with Crippen molar-refractivity contribution in [1.82, 2.24) is 0 Å². The minimum Gasteiger partial charge on any atom is -0.328 e. The molecule has 0 spiro atoms. The highest BCUT2D eigenvalue weighted by molar-refractivity contribution is 4.81. The molecule has 1 unspecified atom stereocenters. The van der Waals surface area contributed by atoms with E-state index in [0.717, 1.165) is 11.8 Å². The van der Waals surface area contributed by atoms with Crippen molar-refractivity contribution in [2.75, 3.05) is 0 Å². The predicted octanol–water partition coefficient (Wildman–Crippen LogP) is 2.30. The Bertz CT molecular complexity index is 125. The monoisotopic (exact) mass is 153 g/mol. The molecule has 0 amide bonds. The van der Waals surface area contributed by atoms with Crippen molar-refractivity contribution in [3.63, 3.8) is 0 Å². The molecule has 2 rings (SSSR count). The Morgan fingerprint density at radius 1 is 1.00 bits per heavy atom. The van der Waals surface area contributed by atoms with Crippen molar-refractivity contribution in [3.05, 3.63) is 0 Å². The van der Waals surface area contributed by atoms with Gasteiger partial charge in [0.15, 0.2) is 0 Å². The van der Waals surface area contributed by atoms with Gasteiger partial charge >= 0.3 is 0 Å². The molecule has 2 aliphatic rings. The molecule has 2 aliphatic carbocycles. The van der Waals surface area contributed by atoms with Gasteiger partial charge in [0, 0.05) is 6.04 Å². The lowest BCUT2D eigenvalue weighted by Gasteiger charge is -2.28. The number of hydrogen-bond acceptors (Lipinski definition) is 1. The van der Waals surface area contributed by atoms with Crippen molar-refractivity contribution in [1.29, 1.82) is 0 Å². The molecule has 1 atom stereocenters. The van der Waals surface area contributed by atoms with E-state index in [1.165, 1.54) is 44.9 Å². The Balaban J connectivity index is 1.59. The summed E-state index contributed by atoms with van der Waals surface area (Å²) in [5, 5.41) is 0. The Hall–Kier alpha value is -0.0400. The Morgan fingerprint density at radius 2 is 1.55 bits per heavy atom. The van der Waals surface area contributed by atoms with Crippen LogP contribution >= 0.6 is 0 Å². The van der Waals surface area contributed by atoms with E-state index in [1.54, 1.807) is 0 Å². The molecule has 0 bridgehead atoms. The molecular formula is C10H19N. The number of hydrogen-bond donors (Lipinski definition) is 1. The maximum Gasteiger partial charge on any atom is 0.00441 e. The van der Waals surface area contributed by atoms with Crippen LogP contribution in [0.5, 0.6) is 0 Å². The average Bonchev–Trinajstić information content (AvgIpc) is 2.62. The first-order valence-corrected chi connectivity index (χ1v) is 5.10. The molecule has 64 valence electrons. The van der Waals surface area contributed by atoms with Gasteiger partial charge in [0.2, 0.25) is 0 Å². The molecule has 0 heterocycles. The van der Waals surface area contributed by atoms with E-state index >= 15 is 0 Å². The van der Waals surface area contributed by atoms with Crippen LogP contribution in [-0.2, 0) is 0 Å². The van der Waals surface area contributed by atoms with Crippen molar-refractivity contribution in [2.24, 2.45) is 17.6 Å². The molecule has 0 aliphatic heterocycles. The van der Waals surface area contributed by atoms with Gasteiger partial charge in [-0.2, -0.15) is 0 Å². The molecule has 11 heavy (non-hydrogen) atoms. The fourth-order valence-corrected chi connectivity index (χ4v) is 2.03. The standard InChI is InChI=1S/C10H19N/c11-10(7-9-4-5-9)6-8-2-1-3-8/h8-10H,1-7,11H2. The lowest BCUT2D eigenvalue weighted by molar-refractivity contribution is 0.269. The fraction of sp³-hybridized carbons (Fsp3) is 1.00. The molecule has 0 aromatic rings. The Labute approximate surface area is 69.4 Å². The van der Waals surface area contributed by atoms with E-state index in [9.17, 15) is 0 Å². The summed E-state index contributed by atoms with van der Waals surface area (Å²) < 4.78 is 0. The second kappa shape index (κ2) is 3.14. The van der Waals surface area contributed by atoms with Crippen LogP contribution in [0.2, 0.25) is 0 Å². The van der Waals surface area contributed by atoms with Crippen molar-refractivity contribution in [2.45, 2.75) is 51.0 Å². The van der Waals surface area contributed by atoms with Crippen molar-refractivity contribution in [3.8, 4) is 0 Å². The first-order valence-electron chi connectivity index (χ1n) is 5.10. The largest absolute Gasteiger partial charge is 0.328 e. The summed E-state index contributed by atoms with van der Waals surface area (Å²) in [4.78, 5) is 0. The van der Waals surface area contributed by atoms with E-state index in [2.05, 4.69) is 0 Å². The normalized spacial score (nSPS) is 28.1. The maximum absolute atomic E-state index is 6.02. The summed E-state index contributed by atoms with van der Waals surface area (Å²) in [7, 11) is 0. The summed E-state index contributed by atoms with van der Waals surface area (Å²) in [6.07, 6.45) is 9.92. The molecule has 1 heteroatoms. The highest BCUT2D eigenvalue weighted by Gasteiger charge is 2.26. The maximum atomic E-state index is 6.02. The first-order chi connectivity index (χ1) is 5.34. The van der Waals surface area contributed by atoms with E-state index in [1.807, 2.05) is 0 Å². The lowest BCUT2D eigenvalue weighted by atomic mass is 9.80. The number of nitrogens with two attached hydrogens (primary N) is 1. The zero-order valence-electron chi connectivity index (χ0n) is 7.26. The van der Waals surface area contributed by atoms with Gasteiger partial charge < -0.3 is 5.73 Å². The molecule has 2 N–H and O–H groups in total. The third-order valence-electron chi connectivity index (χ3n) is 3.19. The van der Waals surface area contributed by atoms with Crippen LogP contribution in [0.3, 0.4) is 0 Å². The first kappa shape index (κ1) is 7.60. The van der Waals surface area contributed by atoms with Crippen LogP contribution in [0.1, 0.15) is 44.9 Å². The van der Waals surface area contributed by atoms with Gasteiger partial charge in [-0.25, -0.2) is 0 Å². The van der Waals surface area contributed by atoms with Gasteiger partial charge in [0.1, 0.15) is 0 Å². The van der Waals surface area contributed by atoms with E-state index in [4.69, 9.17) is 5.73 Å². The third kappa shape index (κ3) is 2.19. The molecule has 0 radical (unpaired) electrons. The summed E-state index contributed by atoms with van der Waals surface area (Å²) in [6, 6.07) is 0.535. The van der Waals surface area contributed by atoms with Crippen LogP contribution in [0.4, 0.5) is 0 Å². The molecule has 0 aromatic heterocycles. The highest BCUT2D eigenvalue weighted by Crippen LogP contribution is 2.36. The van der Waals surface area contributed by atoms with E-state index < -0.39 is 0 Å². The van der Waals surface area contributed by atoms with Crippen molar-refractivity contribution < 1.29 is 0 Å². The minimum atomic E-state index is 0.535. The average molecular weight is 153 g/mol. The van der Waals surface area contributed by atoms with Gasteiger partial charge in [-0.3, -0.25) is 0 Å². The quantitative estimate of drug-likeness (QED) is 0.659. The zero-order chi connectivity index (χ0) is 7.68. The summed E-state index contributed by atoms with van der Waals surface area (Å²) in [5.41, 5.74) is 6.02. The van der Waals surface area contributed by atoms with Crippen LogP contribution in [0.25, 0.3) is 0 Å². The summed E-state index contributed by atoms with van der Waals surface area (Å²) >= 11 is 0. The van der Waals surface area contributed by atoms with Gasteiger partial charge in [0.25, 0.3) is 0 Å². The molecule has 0 aromatic carbocycles. The predicted molar refractivity (Wildman–Crippen MR) is 47.3 cm³/mol. The molecule has 1 nitrogen and oxygen atoms in total. The zero-order valence-corrected chi connectivity index (χ0v) is 7.26. The second-order valence-corrected chi connectivity index (χ2v) is 4.47. The SMILES string of the molecule is NC(CC1CCC1)CC1CC1. The smallest absolute Gasteiger partial charge is 0.00441 e. The van der Waals surface area contributed by atoms with E-state index in [-0.39, 0.29) is 0 Å². The summed E-state index contributed by atoms with van der Waals surface area (Å²) in [5.74, 6) is 2.02. The minimum absolute atomic E-state index is 0.535. The van der Waals surface area contributed by atoms with E-state index in [0.29, 0.717) is 6.04 Å². The van der Waals surface area contributed by atoms with Crippen LogP contribution < -0.4 is 5.73 Å². The van der Waals surface area contributed by atoms with Gasteiger partial charge in [-0.1, -0.05) is 32.1 Å². The Morgan fingerprint density at radius 3 is 1.91 bits per heavy atom. The fourth-order valence-electron chi connectivity index (χ4n) is 2.03. The Kier molecular flexibility index (Phi) is 2.17. The van der Waals surface area contributed by atoms with Gasteiger partial charge in [0.05, 0.1) is 0 Å².